The van der Waals surface area contributed by atoms with Crippen LogP contribution in [0.15, 0.2) is 30.3 Å². The number of carboxylic acids is 1. The molecule has 17 heavy (non-hydrogen) atoms. The first kappa shape index (κ1) is 13.7. The summed E-state index contributed by atoms with van der Waals surface area (Å²) in [4.78, 5) is 10.5. The third-order valence-electron chi connectivity index (χ3n) is 2.75. The van der Waals surface area contributed by atoms with E-state index >= 15 is 0 Å². The molecule has 0 fully saturated rings. The molecule has 0 amide bonds. The molecule has 1 rings (SSSR count). The van der Waals surface area contributed by atoms with E-state index in [-0.39, 0.29) is 6.04 Å². The van der Waals surface area contributed by atoms with Crippen LogP contribution in [0.1, 0.15) is 24.8 Å². The lowest BCUT2D eigenvalue weighted by Crippen LogP contribution is -2.31. The molecule has 0 saturated carbocycles. The molecule has 0 aliphatic carbocycles. The van der Waals surface area contributed by atoms with E-state index in [9.17, 15) is 4.79 Å². The van der Waals surface area contributed by atoms with Crippen molar-refractivity contribution >= 4 is 5.97 Å². The van der Waals surface area contributed by atoms with E-state index in [1.54, 1.807) is 0 Å². The molecule has 0 radical (unpaired) electrons. The second kappa shape index (κ2) is 7.04. The highest BCUT2D eigenvalue weighted by atomic mass is 16.4. The number of nitrogens with two attached hydrogens (primary N) is 2. The largest absolute Gasteiger partial charge is 0.480 e. The predicted octanol–water partition coefficient (Wildman–Crippen LogP) is 1.14. The third-order valence-corrected chi connectivity index (χ3v) is 2.75. The van der Waals surface area contributed by atoms with E-state index in [2.05, 4.69) is 0 Å². The van der Waals surface area contributed by atoms with Gasteiger partial charge >= 0.3 is 5.97 Å². The van der Waals surface area contributed by atoms with Gasteiger partial charge in [-0.05, 0) is 31.2 Å². The average Bonchev–Trinajstić information content (AvgIpc) is 2.30. The lowest BCUT2D eigenvalue weighted by atomic mass is 10.0. The second-order valence-electron chi connectivity index (χ2n) is 4.33. The van der Waals surface area contributed by atoms with Crippen LogP contribution in [0.25, 0.3) is 0 Å². The van der Waals surface area contributed by atoms with Crippen molar-refractivity contribution in [1.82, 2.24) is 0 Å². The predicted molar refractivity (Wildman–Crippen MR) is 67.6 cm³/mol. The standard InChI is InChI=1S/C13H20N2O2/c14-11(7-4-8-12(15)13(16)17)9-10-5-2-1-3-6-10/h1-3,5-6,11-12H,4,7-9,14-15H2,(H,16,17)/t11?,12-/m1/s1. The molecule has 5 N–H and O–H groups in total. The highest BCUT2D eigenvalue weighted by Crippen LogP contribution is 2.08. The Morgan fingerprint density at radius 2 is 1.82 bits per heavy atom. The maximum absolute atomic E-state index is 10.5. The highest BCUT2D eigenvalue weighted by molar-refractivity contribution is 5.72. The summed E-state index contributed by atoms with van der Waals surface area (Å²) in [6.07, 6.45) is 2.86. The first-order valence-electron chi connectivity index (χ1n) is 5.87. The van der Waals surface area contributed by atoms with Gasteiger partial charge in [-0.2, -0.15) is 0 Å². The Bertz CT molecular complexity index is 341. The smallest absolute Gasteiger partial charge is 0.320 e. The first-order valence-corrected chi connectivity index (χ1v) is 5.87. The van der Waals surface area contributed by atoms with Gasteiger partial charge in [-0.1, -0.05) is 30.3 Å². The molecule has 4 heteroatoms. The van der Waals surface area contributed by atoms with Crippen molar-refractivity contribution in [2.45, 2.75) is 37.8 Å². The van der Waals surface area contributed by atoms with E-state index in [4.69, 9.17) is 16.6 Å². The van der Waals surface area contributed by atoms with Crippen molar-refractivity contribution in [2.24, 2.45) is 11.5 Å². The lowest BCUT2D eigenvalue weighted by Gasteiger charge is -2.12. The summed E-state index contributed by atoms with van der Waals surface area (Å²) in [6.45, 7) is 0. The average molecular weight is 236 g/mol. The summed E-state index contributed by atoms with van der Waals surface area (Å²) in [5, 5.41) is 8.63. The van der Waals surface area contributed by atoms with Crippen LogP contribution in [0.3, 0.4) is 0 Å². The quantitative estimate of drug-likeness (QED) is 0.662. The van der Waals surface area contributed by atoms with Crippen molar-refractivity contribution in [3.05, 3.63) is 35.9 Å². The van der Waals surface area contributed by atoms with Crippen LogP contribution in [0.4, 0.5) is 0 Å². The van der Waals surface area contributed by atoms with Crippen molar-refractivity contribution < 1.29 is 9.90 Å². The monoisotopic (exact) mass is 236 g/mol. The van der Waals surface area contributed by atoms with Gasteiger partial charge in [-0.25, -0.2) is 0 Å². The van der Waals surface area contributed by atoms with Crippen LogP contribution in [0.5, 0.6) is 0 Å². The molecule has 1 aromatic rings. The molecular weight excluding hydrogens is 216 g/mol. The van der Waals surface area contributed by atoms with Crippen LogP contribution >= 0.6 is 0 Å². The Labute approximate surface area is 102 Å². The Morgan fingerprint density at radius 1 is 1.18 bits per heavy atom. The van der Waals surface area contributed by atoms with E-state index in [1.807, 2.05) is 30.3 Å². The zero-order valence-corrected chi connectivity index (χ0v) is 9.88. The van der Waals surface area contributed by atoms with Gasteiger partial charge in [0, 0.05) is 6.04 Å². The van der Waals surface area contributed by atoms with Crippen molar-refractivity contribution in [1.29, 1.82) is 0 Å². The topological polar surface area (TPSA) is 89.3 Å². The van der Waals surface area contributed by atoms with E-state index in [0.29, 0.717) is 6.42 Å². The van der Waals surface area contributed by atoms with Gasteiger partial charge in [0.05, 0.1) is 0 Å². The molecule has 94 valence electrons. The summed E-state index contributed by atoms with van der Waals surface area (Å²) in [5.74, 6) is -0.943. The van der Waals surface area contributed by atoms with Gasteiger partial charge in [-0.15, -0.1) is 0 Å². The summed E-state index contributed by atoms with van der Waals surface area (Å²) in [7, 11) is 0. The number of hydrogen-bond donors (Lipinski definition) is 3. The molecule has 0 aliphatic rings. The molecule has 0 spiro atoms. The lowest BCUT2D eigenvalue weighted by molar-refractivity contribution is -0.138. The van der Waals surface area contributed by atoms with Crippen molar-refractivity contribution in [3.63, 3.8) is 0 Å². The molecular formula is C13H20N2O2. The maximum Gasteiger partial charge on any atom is 0.320 e. The minimum atomic E-state index is -0.943. The summed E-state index contributed by atoms with van der Waals surface area (Å²) in [5.41, 5.74) is 12.6. The summed E-state index contributed by atoms with van der Waals surface area (Å²) >= 11 is 0. The third kappa shape index (κ3) is 5.47. The molecule has 0 saturated heterocycles. The molecule has 1 unspecified atom stereocenters. The van der Waals surface area contributed by atoms with E-state index < -0.39 is 12.0 Å². The fourth-order valence-electron chi connectivity index (χ4n) is 1.74. The Kier molecular flexibility index (Phi) is 5.66. The minimum absolute atomic E-state index is 0.0680. The second-order valence-corrected chi connectivity index (χ2v) is 4.33. The minimum Gasteiger partial charge on any atom is -0.480 e. The van der Waals surface area contributed by atoms with Gasteiger partial charge in [0.1, 0.15) is 6.04 Å². The molecule has 2 atom stereocenters. The number of rotatable bonds is 7. The Hall–Kier alpha value is -1.39. The molecule has 1 aromatic carbocycles. The number of carbonyl (C=O) groups is 1. The summed E-state index contributed by atoms with van der Waals surface area (Å²) in [6, 6.07) is 9.34. The molecule has 4 nitrogen and oxygen atoms in total. The normalized spacial score (nSPS) is 14.2. The number of aliphatic carboxylic acids is 1. The Balaban J connectivity index is 2.22. The molecule has 0 heterocycles. The SMILES string of the molecule is NC(CCC[C@@H](N)C(=O)O)Cc1ccccc1. The zero-order chi connectivity index (χ0) is 12.7. The van der Waals surface area contributed by atoms with Crippen LogP contribution in [-0.2, 0) is 11.2 Å². The van der Waals surface area contributed by atoms with Crippen molar-refractivity contribution in [3.8, 4) is 0 Å². The maximum atomic E-state index is 10.5. The fraction of sp³-hybridized carbons (Fsp3) is 0.462. The van der Waals surface area contributed by atoms with Gasteiger partial charge in [-0.3, -0.25) is 4.79 Å². The van der Waals surface area contributed by atoms with Gasteiger partial charge in [0.2, 0.25) is 0 Å². The van der Waals surface area contributed by atoms with Crippen molar-refractivity contribution in [2.75, 3.05) is 0 Å². The number of hydrogen-bond acceptors (Lipinski definition) is 3. The van der Waals surface area contributed by atoms with Crippen LogP contribution in [0.2, 0.25) is 0 Å². The Morgan fingerprint density at radius 3 is 2.41 bits per heavy atom. The van der Waals surface area contributed by atoms with Crippen LogP contribution in [0, 0.1) is 0 Å². The van der Waals surface area contributed by atoms with Crippen LogP contribution in [-0.4, -0.2) is 23.2 Å². The van der Waals surface area contributed by atoms with E-state index in [0.717, 1.165) is 19.3 Å². The van der Waals surface area contributed by atoms with Crippen LogP contribution < -0.4 is 11.5 Å². The summed E-state index contributed by atoms with van der Waals surface area (Å²) < 4.78 is 0. The number of carboxylic acid groups (broad SMARTS) is 1. The van der Waals surface area contributed by atoms with Gasteiger partial charge in [0.15, 0.2) is 0 Å². The van der Waals surface area contributed by atoms with Gasteiger partial charge < -0.3 is 16.6 Å². The number of benzene rings is 1. The first-order chi connectivity index (χ1) is 8.09. The molecule has 0 aliphatic heterocycles. The highest BCUT2D eigenvalue weighted by Gasteiger charge is 2.11. The fourth-order valence-corrected chi connectivity index (χ4v) is 1.74. The van der Waals surface area contributed by atoms with Gasteiger partial charge in [0.25, 0.3) is 0 Å². The zero-order valence-electron chi connectivity index (χ0n) is 9.88. The molecule has 0 aromatic heterocycles. The van der Waals surface area contributed by atoms with E-state index in [1.165, 1.54) is 5.56 Å². The molecule has 0 bridgehead atoms.